The molecule has 0 atom stereocenters. The summed E-state index contributed by atoms with van der Waals surface area (Å²) in [6, 6.07) is 24.4. The smallest absolute Gasteiger partial charge is 0.343 e. The van der Waals surface area contributed by atoms with E-state index in [1.165, 1.54) is 61.6 Å². The molecule has 2 nitrogen and oxygen atoms in total. The summed E-state index contributed by atoms with van der Waals surface area (Å²) in [5.41, 5.74) is 5.56. The highest BCUT2D eigenvalue weighted by Gasteiger charge is 2.09. The van der Waals surface area contributed by atoms with Crippen molar-refractivity contribution in [1.29, 1.82) is 0 Å². The minimum absolute atomic E-state index is 0.316. The summed E-state index contributed by atoms with van der Waals surface area (Å²) < 4.78 is 5.57. The van der Waals surface area contributed by atoms with Crippen molar-refractivity contribution in [3.63, 3.8) is 0 Å². The maximum Gasteiger partial charge on any atom is 0.343 e. The molecule has 0 saturated carbocycles. The molecule has 0 unspecified atom stereocenters. The standard InChI is InChI=1S/C31H38O2/c1-3-5-7-8-9-10-12-26-13-17-27(18-14-26)28-21-23-30(24-22-28)33-31(32)29-19-15-25(16-20-29)11-6-4-2/h13-24H,3-12H2,1-2H3. The summed E-state index contributed by atoms with van der Waals surface area (Å²) >= 11 is 0. The first-order chi connectivity index (χ1) is 16.2. The van der Waals surface area contributed by atoms with Crippen LogP contribution in [0.25, 0.3) is 11.1 Å². The van der Waals surface area contributed by atoms with Crippen LogP contribution in [0.3, 0.4) is 0 Å². The quantitative estimate of drug-likeness (QED) is 0.150. The molecule has 0 aromatic heterocycles. The van der Waals surface area contributed by atoms with Gasteiger partial charge in [-0.05, 0) is 72.2 Å². The monoisotopic (exact) mass is 442 g/mol. The van der Waals surface area contributed by atoms with Gasteiger partial charge < -0.3 is 4.74 Å². The largest absolute Gasteiger partial charge is 0.423 e. The number of ether oxygens (including phenoxy) is 1. The van der Waals surface area contributed by atoms with Crippen LogP contribution in [0.5, 0.6) is 5.75 Å². The summed E-state index contributed by atoms with van der Waals surface area (Å²) in [5, 5.41) is 0. The number of hydrogen-bond donors (Lipinski definition) is 0. The lowest BCUT2D eigenvalue weighted by atomic mass is 10.0. The molecule has 3 aromatic carbocycles. The van der Waals surface area contributed by atoms with E-state index in [1.54, 1.807) is 0 Å². The van der Waals surface area contributed by atoms with Crippen molar-refractivity contribution in [2.45, 2.75) is 78.1 Å². The van der Waals surface area contributed by atoms with Gasteiger partial charge in [0.05, 0.1) is 5.56 Å². The first-order valence-corrected chi connectivity index (χ1v) is 12.7. The van der Waals surface area contributed by atoms with Gasteiger partial charge in [-0.3, -0.25) is 0 Å². The Morgan fingerprint density at radius 3 is 1.67 bits per heavy atom. The first-order valence-electron chi connectivity index (χ1n) is 12.7. The van der Waals surface area contributed by atoms with Crippen LogP contribution in [-0.2, 0) is 12.8 Å². The summed E-state index contributed by atoms with van der Waals surface area (Å²) in [6.45, 7) is 4.44. The van der Waals surface area contributed by atoms with Gasteiger partial charge in [0.1, 0.15) is 5.75 Å². The predicted molar refractivity (Wildman–Crippen MR) is 139 cm³/mol. The second-order valence-corrected chi connectivity index (χ2v) is 8.93. The lowest BCUT2D eigenvalue weighted by Crippen LogP contribution is -2.08. The normalized spacial score (nSPS) is 10.8. The molecular formula is C31H38O2. The lowest BCUT2D eigenvalue weighted by molar-refractivity contribution is 0.0735. The van der Waals surface area contributed by atoms with Gasteiger partial charge in [-0.15, -0.1) is 0 Å². The maximum absolute atomic E-state index is 12.5. The third-order valence-electron chi connectivity index (χ3n) is 6.18. The zero-order valence-electron chi connectivity index (χ0n) is 20.3. The van der Waals surface area contributed by atoms with Gasteiger partial charge in [-0.1, -0.05) is 101 Å². The Kier molecular flexibility index (Phi) is 10.2. The van der Waals surface area contributed by atoms with Crippen LogP contribution in [0, 0.1) is 0 Å². The Hall–Kier alpha value is -2.87. The molecule has 0 N–H and O–H groups in total. The number of carbonyl (C=O) groups is 1. The molecule has 0 aliphatic rings. The Labute approximate surface area is 200 Å². The zero-order valence-corrected chi connectivity index (χ0v) is 20.3. The van der Waals surface area contributed by atoms with Crippen molar-refractivity contribution in [2.75, 3.05) is 0 Å². The number of aryl methyl sites for hydroxylation is 2. The van der Waals surface area contributed by atoms with E-state index in [0.717, 1.165) is 24.8 Å². The van der Waals surface area contributed by atoms with Crippen molar-refractivity contribution in [3.05, 3.63) is 89.5 Å². The molecule has 0 bridgehead atoms. The molecule has 0 spiro atoms. The van der Waals surface area contributed by atoms with E-state index >= 15 is 0 Å². The van der Waals surface area contributed by atoms with Gasteiger partial charge in [0.25, 0.3) is 0 Å². The van der Waals surface area contributed by atoms with E-state index in [4.69, 9.17) is 4.74 Å². The molecule has 2 heteroatoms. The second-order valence-electron chi connectivity index (χ2n) is 8.93. The molecule has 0 radical (unpaired) electrons. The average molecular weight is 443 g/mol. The van der Waals surface area contributed by atoms with Gasteiger partial charge in [0, 0.05) is 0 Å². The van der Waals surface area contributed by atoms with Gasteiger partial charge >= 0.3 is 5.97 Å². The average Bonchev–Trinajstić information content (AvgIpc) is 2.86. The summed E-state index contributed by atoms with van der Waals surface area (Å²) in [7, 11) is 0. The van der Waals surface area contributed by atoms with E-state index in [0.29, 0.717) is 11.3 Å². The Morgan fingerprint density at radius 1 is 0.576 bits per heavy atom. The van der Waals surface area contributed by atoms with Crippen LogP contribution in [0.1, 0.15) is 86.7 Å². The van der Waals surface area contributed by atoms with Crippen LogP contribution < -0.4 is 4.74 Å². The van der Waals surface area contributed by atoms with Gasteiger partial charge in [0.15, 0.2) is 0 Å². The highest BCUT2D eigenvalue weighted by atomic mass is 16.5. The lowest BCUT2D eigenvalue weighted by Gasteiger charge is -2.08. The topological polar surface area (TPSA) is 26.3 Å². The van der Waals surface area contributed by atoms with E-state index in [1.807, 2.05) is 48.5 Å². The summed E-state index contributed by atoms with van der Waals surface area (Å²) in [5.74, 6) is 0.252. The molecular weight excluding hydrogens is 404 g/mol. The van der Waals surface area contributed by atoms with Crippen LogP contribution in [0.2, 0.25) is 0 Å². The van der Waals surface area contributed by atoms with E-state index < -0.39 is 0 Å². The van der Waals surface area contributed by atoms with Crippen LogP contribution >= 0.6 is 0 Å². The molecule has 3 rings (SSSR count). The van der Waals surface area contributed by atoms with E-state index in [9.17, 15) is 4.79 Å². The molecule has 33 heavy (non-hydrogen) atoms. The van der Waals surface area contributed by atoms with Crippen molar-refractivity contribution in [3.8, 4) is 16.9 Å². The van der Waals surface area contributed by atoms with Crippen LogP contribution in [-0.4, -0.2) is 5.97 Å². The van der Waals surface area contributed by atoms with Crippen molar-refractivity contribution < 1.29 is 9.53 Å². The van der Waals surface area contributed by atoms with Gasteiger partial charge in [-0.25, -0.2) is 4.79 Å². The number of esters is 1. The van der Waals surface area contributed by atoms with Crippen molar-refractivity contribution in [2.24, 2.45) is 0 Å². The fourth-order valence-electron chi connectivity index (χ4n) is 4.04. The Bertz CT molecular complexity index is 953. The third-order valence-corrected chi connectivity index (χ3v) is 6.18. The zero-order chi connectivity index (χ0) is 23.3. The molecule has 0 aliphatic carbocycles. The van der Waals surface area contributed by atoms with Crippen LogP contribution in [0.15, 0.2) is 72.8 Å². The fraction of sp³-hybridized carbons (Fsp3) is 0.387. The molecule has 0 amide bonds. The van der Waals surface area contributed by atoms with Crippen molar-refractivity contribution in [1.82, 2.24) is 0 Å². The molecule has 174 valence electrons. The molecule has 0 saturated heterocycles. The fourth-order valence-corrected chi connectivity index (χ4v) is 4.04. The summed E-state index contributed by atoms with van der Waals surface area (Å²) in [6.07, 6.45) is 12.5. The number of hydrogen-bond acceptors (Lipinski definition) is 2. The maximum atomic E-state index is 12.5. The minimum atomic E-state index is -0.316. The highest BCUT2D eigenvalue weighted by molar-refractivity contribution is 5.91. The number of rotatable bonds is 13. The predicted octanol–water partition coefficient (Wildman–Crippen LogP) is 8.82. The number of unbranched alkanes of at least 4 members (excludes halogenated alkanes) is 6. The minimum Gasteiger partial charge on any atom is -0.423 e. The van der Waals surface area contributed by atoms with E-state index in [-0.39, 0.29) is 5.97 Å². The first kappa shape index (κ1) is 24.8. The Balaban J connectivity index is 1.49. The summed E-state index contributed by atoms with van der Waals surface area (Å²) in [4.78, 5) is 12.5. The van der Waals surface area contributed by atoms with Gasteiger partial charge in [0.2, 0.25) is 0 Å². The number of benzene rings is 3. The Morgan fingerprint density at radius 2 is 1.06 bits per heavy atom. The second kappa shape index (κ2) is 13.6. The molecule has 0 heterocycles. The molecule has 0 fully saturated rings. The van der Waals surface area contributed by atoms with E-state index in [2.05, 4.69) is 38.1 Å². The number of carbonyl (C=O) groups excluding carboxylic acids is 1. The van der Waals surface area contributed by atoms with Crippen LogP contribution in [0.4, 0.5) is 0 Å². The third kappa shape index (κ3) is 8.20. The van der Waals surface area contributed by atoms with Crippen molar-refractivity contribution >= 4 is 5.97 Å². The SMILES string of the molecule is CCCCCCCCc1ccc(-c2ccc(OC(=O)c3ccc(CCCC)cc3)cc2)cc1. The van der Waals surface area contributed by atoms with Gasteiger partial charge in [-0.2, -0.15) is 0 Å². The molecule has 3 aromatic rings. The highest BCUT2D eigenvalue weighted by Crippen LogP contribution is 2.24. The molecule has 0 aliphatic heterocycles.